The van der Waals surface area contributed by atoms with Gasteiger partial charge in [-0.05, 0) is 18.4 Å². The van der Waals surface area contributed by atoms with Crippen molar-refractivity contribution in [3.05, 3.63) is 71.8 Å². The number of hydrogen-bond acceptors (Lipinski definition) is 3. The summed E-state index contributed by atoms with van der Waals surface area (Å²) in [5, 5.41) is 10.2. The molecule has 0 bridgehead atoms. The lowest BCUT2D eigenvalue weighted by molar-refractivity contribution is -0.0836. The van der Waals surface area contributed by atoms with E-state index in [1.165, 1.54) is 0 Å². The lowest BCUT2D eigenvalue weighted by atomic mass is 9.93. The van der Waals surface area contributed by atoms with Crippen LogP contribution in [0.1, 0.15) is 47.7 Å². The van der Waals surface area contributed by atoms with Gasteiger partial charge in [0.1, 0.15) is 6.10 Å². The Morgan fingerprint density at radius 3 is 2.22 bits per heavy atom. The standard InChI is InChI=1S/C20H22O3/c21-17-13-7-8-14-18(17)23-20(16-11-5-2-6-12-16)19(22)15-9-3-1-4-10-15/h1-6,9-12,17-18,20-21H,7-8,13-14H2. The molecule has 3 nitrogen and oxygen atoms in total. The molecule has 23 heavy (non-hydrogen) atoms. The Hall–Kier alpha value is -1.97. The third-order valence-corrected chi connectivity index (χ3v) is 4.38. The first-order chi connectivity index (χ1) is 11.3. The van der Waals surface area contributed by atoms with Gasteiger partial charge in [0.2, 0.25) is 0 Å². The minimum Gasteiger partial charge on any atom is -0.390 e. The molecule has 2 aromatic carbocycles. The zero-order valence-corrected chi connectivity index (χ0v) is 13.1. The largest absolute Gasteiger partial charge is 0.390 e. The number of aliphatic hydroxyl groups excluding tert-OH is 1. The molecule has 1 aliphatic rings. The Kier molecular flexibility index (Phi) is 5.21. The Morgan fingerprint density at radius 2 is 1.57 bits per heavy atom. The molecule has 0 radical (unpaired) electrons. The van der Waals surface area contributed by atoms with E-state index in [1.807, 2.05) is 48.5 Å². The smallest absolute Gasteiger partial charge is 0.196 e. The number of benzene rings is 2. The number of aliphatic hydroxyl groups is 1. The molecule has 3 rings (SSSR count). The summed E-state index contributed by atoms with van der Waals surface area (Å²) in [7, 11) is 0. The quantitative estimate of drug-likeness (QED) is 0.851. The first-order valence-electron chi connectivity index (χ1n) is 8.23. The number of carbonyl (C=O) groups excluding carboxylic acids is 1. The van der Waals surface area contributed by atoms with Crippen molar-refractivity contribution in [2.75, 3.05) is 0 Å². The van der Waals surface area contributed by atoms with E-state index >= 15 is 0 Å². The van der Waals surface area contributed by atoms with Gasteiger partial charge < -0.3 is 9.84 Å². The van der Waals surface area contributed by atoms with Crippen LogP contribution in [0.5, 0.6) is 0 Å². The molecule has 1 saturated carbocycles. The minimum atomic E-state index is -0.670. The molecular formula is C20H22O3. The molecule has 0 heterocycles. The summed E-state index contributed by atoms with van der Waals surface area (Å²) < 4.78 is 6.11. The second-order valence-electron chi connectivity index (χ2n) is 6.05. The minimum absolute atomic E-state index is 0.0606. The van der Waals surface area contributed by atoms with Crippen LogP contribution in [0.25, 0.3) is 0 Å². The summed E-state index contributed by atoms with van der Waals surface area (Å²) >= 11 is 0. The SMILES string of the molecule is O=C(c1ccccc1)C(OC1CCCCC1O)c1ccccc1. The van der Waals surface area contributed by atoms with Crippen molar-refractivity contribution in [2.45, 2.75) is 44.0 Å². The lowest BCUT2D eigenvalue weighted by Crippen LogP contribution is -2.35. The number of ketones is 1. The van der Waals surface area contributed by atoms with Crippen LogP contribution in [-0.2, 0) is 4.74 Å². The van der Waals surface area contributed by atoms with E-state index < -0.39 is 12.2 Å². The number of hydrogen-bond donors (Lipinski definition) is 1. The highest BCUT2D eigenvalue weighted by molar-refractivity contribution is 6.00. The van der Waals surface area contributed by atoms with Crippen LogP contribution in [0.15, 0.2) is 60.7 Å². The number of ether oxygens (including phenoxy) is 1. The van der Waals surface area contributed by atoms with Crippen molar-refractivity contribution in [1.82, 2.24) is 0 Å². The maximum absolute atomic E-state index is 12.9. The van der Waals surface area contributed by atoms with Crippen LogP contribution in [0.3, 0.4) is 0 Å². The first kappa shape index (κ1) is 15.9. The summed E-state index contributed by atoms with van der Waals surface area (Å²) in [6.07, 6.45) is 2.15. The van der Waals surface area contributed by atoms with Crippen LogP contribution in [0, 0.1) is 0 Å². The van der Waals surface area contributed by atoms with Crippen molar-refractivity contribution >= 4 is 5.78 Å². The molecule has 0 aromatic heterocycles. The molecule has 1 fully saturated rings. The topological polar surface area (TPSA) is 46.5 Å². The van der Waals surface area contributed by atoms with Crippen LogP contribution < -0.4 is 0 Å². The van der Waals surface area contributed by atoms with E-state index in [9.17, 15) is 9.90 Å². The van der Waals surface area contributed by atoms with Gasteiger partial charge >= 0.3 is 0 Å². The van der Waals surface area contributed by atoms with Gasteiger partial charge in [-0.25, -0.2) is 0 Å². The summed E-state index contributed by atoms with van der Waals surface area (Å²) in [5.41, 5.74) is 1.46. The van der Waals surface area contributed by atoms with E-state index in [1.54, 1.807) is 12.1 Å². The molecule has 2 aromatic rings. The average molecular weight is 310 g/mol. The molecule has 0 amide bonds. The van der Waals surface area contributed by atoms with E-state index in [0.29, 0.717) is 5.56 Å². The number of Topliss-reactive ketones (excluding diaryl/α,β-unsaturated/α-hetero) is 1. The van der Waals surface area contributed by atoms with Gasteiger partial charge in [-0.15, -0.1) is 0 Å². The normalized spacial score (nSPS) is 22.5. The molecule has 3 unspecified atom stereocenters. The van der Waals surface area contributed by atoms with Gasteiger partial charge in [0, 0.05) is 5.56 Å². The van der Waals surface area contributed by atoms with Gasteiger partial charge in [0.15, 0.2) is 5.78 Å². The van der Waals surface area contributed by atoms with Crippen LogP contribution in [0.4, 0.5) is 0 Å². The van der Waals surface area contributed by atoms with Crippen molar-refractivity contribution < 1.29 is 14.6 Å². The lowest BCUT2D eigenvalue weighted by Gasteiger charge is -2.31. The molecule has 120 valence electrons. The second-order valence-corrected chi connectivity index (χ2v) is 6.05. The monoisotopic (exact) mass is 310 g/mol. The van der Waals surface area contributed by atoms with Crippen molar-refractivity contribution in [2.24, 2.45) is 0 Å². The third kappa shape index (κ3) is 3.87. The maximum atomic E-state index is 12.9. The summed E-state index contributed by atoms with van der Waals surface area (Å²) in [5.74, 6) is -0.0606. The van der Waals surface area contributed by atoms with Gasteiger partial charge in [-0.2, -0.15) is 0 Å². The predicted octanol–water partition coefficient (Wildman–Crippen LogP) is 3.93. The average Bonchev–Trinajstić information content (AvgIpc) is 2.62. The summed E-state index contributed by atoms with van der Waals surface area (Å²) in [6, 6.07) is 18.7. The van der Waals surface area contributed by atoms with Gasteiger partial charge in [0.05, 0.1) is 12.2 Å². The summed E-state index contributed by atoms with van der Waals surface area (Å²) in [4.78, 5) is 12.9. The zero-order chi connectivity index (χ0) is 16.1. The highest BCUT2D eigenvalue weighted by atomic mass is 16.5. The van der Waals surface area contributed by atoms with E-state index in [-0.39, 0.29) is 11.9 Å². The fourth-order valence-corrected chi connectivity index (χ4v) is 3.08. The molecular weight excluding hydrogens is 288 g/mol. The van der Waals surface area contributed by atoms with E-state index in [2.05, 4.69) is 0 Å². The molecule has 0 saturated heterocycles. The first-order valence-corrected chi connectivity index (χ1v) is 8.23. The van der Waals surface area contributed by atoms with Crippen molar-refractivity contribution in [1.29, 1.82) is 0 Å². The highest BCUT2D eigenvalue weighted by Gasteiger charge is 2.31. The Morgan fingerprint density at radius 1 is 0.957 bits per heavy atom. The highest BCUT2D eigenvalue weighted by Crippen LogP contribution is 2.29. The van der Waals surface area contributed by atoms with Crippen LogP contribution in [0.2, 0.25) is 0 Å². The molecule has 0 aliphatic heterocycles. The van der Waals surface area contributed by atoms with E-state index in [0.717, 1.165) is 31.2 Å². The van der Waals surface area contributed by atoms with Crippen molar-refractivity contribution in [3.63, 3.8) is 0 Å². The van der Waals surface area contributed by atoms with Gasteiger partial charge in [-0.1, -0.05) is 73.5 Å². The fourth-order valence-electron chi connectivity index (χ4n) is 3.08. The Balaban J connectivity index is 1.86. The summed E-state index contributed by atoms with van der Waals surface area (Å²) in [6.45, 7) is 0. The second kappa shape index (κ2) is 7.53. The molecule has 1 aliphatic carbocycles. The molecule has 0 spiro atoms. The van der Waals surface area contributed by atoms with Crippen LogP contribution >= 0.6 is 0 Å². The fraction of sp³-hybridized carbons (Fsp3) is 0.350. The third-order valence-electron chi connectivity index (χ3n) is 4.38. The number of rotatable bonds is 5. The predicted molar refractivity (Wildman–Crippen MR) is 89.3 cm³/mol. The molecule has 3 atom stereocenters. The van der Waals surface area contributed by atoms with E-state index in [4.69, 9.17) is 4.74 Å². The molecule has 1 N–H and O–H groups in total. The Bertz CT molecular complexity index is 624. The Labute approximate surface area is 136 Å². The van der Waals surface area contributed by atoms with Crippen LogP contribution in [-0.4, -0.2) is 23.1 Å². The van der Waals surface area contributed by atoms with Gasteiger partial charge in [-0.3, -0.25) is 4.79 Å². The number of carbonyl (C=O) groups is 1. The zero-order valence-electron chi connectivity index (χ0n) is 13.1. The molecule has 3 heteroatoms. The van der Waals surface area contributed by atoms with Crippen molar-refractivity contribution in [3.8, 4) is 0 Å². The van der Waals surface area contributed by atoms with Gasteiger partial charge in [0.25, 0.3) is 0 Å². The maximum Gasteiger partial charge on any atom is 0.196 e.